The first-order chi connectivity index (χ1) is 5.83. The molecular formula is C9H4CrO3. The Hall–Kier alpha value is -1.38. The zero-order valence-electron chi connectivity index (χ0n) is 6.49. The summed E-state index contributed by atoms with van der Waals surface area (Å²) < 4.78 is 0. The van der Waals surface area contributed by atoms with Crippen LogP contribution in [0.2, 0.25) is 0 Å². The monoisotopic (exact) mass is 212 g/mol. The Bertz CT molecular complexity index is 387. The normalized spacial score (nSPS) is 14.0. The molecule has 13 heavy (non-hydrogen) atoms. The molecule has 0 N–H and O–H groups in total. The van der Waals surface area contributed by atoms with E-state index in [2.05, 4.69) is 0 Å². The second-order valence-electron chi connectivity index (χ2n) is 2.18. The van der Waals surface area contributed by atoms with Crippen LogP contribution in [0.25, 0.3) is 0 Å². The fourth-order valence-electron chi connectivity index (χ4n) is 0.937. The Kier molecular flexibility index (Phi) is 4.74. The van der Waals surface area contributed by atoms with Crippen molar-refractivity contribution in [3.63, 3.8) is 0 Å². The minimum absolute atomic E-state index is 0. The van der Waals surface area contributed by atoms with Crippen molar-refractivity contribution in [1.29, 1.82) is 0 Å². The number of allylic oxidation sites excluding steroid dienone is 5. The van der Waals surface area contributed by atoms with E-state index in [1.165, 1.54) is 12.0 Å². The van der Waals surface area contributed by atoms with Crippen molar-refractivity contribution in [2.75, 3.05) is 0 Å². The van der Waals surface area contributed by atoms with Gasteiger partial charge in [0.05, 0.1) is 16.7 Å². The third-order valence-electron chi connectivity index (χ3n) is 1.51. The summed E-state index contributed by atoms with van der Waals surface area (Å²) in [4.78, 5) is 30.8. The molecular weight excluding hydrogens is 208 g/mol. The molecule has 4 heteroatoms. The summed E-state index contributed by atoms with van der Waals surface area (Å²) in [5.74, 6) is 4.66. The molecule has 3 nitrogen and oxygen atoms in total. The summed E-state index contributed by atoms with van der Waals surface area (Å²) in [6.07, 6.45) is 3.36. The van der Waals surface area contributed by atoms with E-state index in [1.807, 2.05) is 0 Å². The van der Waals surface area contributed by atoms with Gasteiger partial charge in [-0.2, -0.15) is 0 Å². The SMILES string of the molecule is O=C=C1C=CCC(=C=O)C1=C=O.[Cr]. The van der Waals surface area contributed by atoms with Crippen molar-refractivity contribution in [1.82, 2.24) is 0 Å². The topological polar surface area (TPSA) is 51.2 Å². The van der Waals surface area contributed by atoms with Crippen LogP contribution in [-0.4, -0.2) is 17.8 Å². The third kappa shape index (κ3) is 2.28. The Balaban J connectivity index is 0.00000144. The molecule has 0 aliphatic heterocycles. The fourth-order valence-corrected chi connectivity index (χ4v) is 0.937. The minimum Gasteiger partial charge on any atom is -0.233 e. The van der Waals surface area contributed by atoms with Gasteiger partial charge in [-0.3, -0.25) is 0 Å². The first-order valence-corrected chi connectivity index (χ1v) is 3.25. The zero-order valence-corrected chi connectivity index (χ0v) is 7.77. The van der Waals surface area contributed by atoms with Crippen LogP contribution in [0.5, 0.6) is 0 Å². The molecule has 64 valence electrons. The summed E-state index contributed by atoms with van der Waals surface area (Å²) >= 11 is 0. The molecule has 1 aliphatic rings. The van der Waals surface area contributed by atoms with Crippen molar-refractivity contribution in [3.8, 4) is 0 Å². The molecule has 0 atom stereocenters. The Morgan fingerprint density at radius 2 is 1.77 bits per heavy atom. The van der Waals surface area contributed by atoms with E-state index >= 15 is 0 Å². The third-order valence-corrected chi connectivity index (χ3v) is 1.51. The molecule has 0 fully saturated rings. The maximum absolute atomic E-state index is 10.3. The quantitative estimate of drug-likeness (QED) is 0.539. The fraction of sp³-hybridized carbons (Fsp3) is 0.111. The molecule has 0 saturated heterocycles. The Morgan fingerprint density at radius 3 is 2.23 bits per heavy atom. The first-order valence-electron chi connectivity index (χ1n) is 3.25. The molecule has 1 aliphatic carbocycles. The van der Waals surface area contributed by atoms with E-state index in [9.17, 15) is 14.4 Å². The number of hydrogen-bond acceptors (Lipinski definition) is 3. The molecule has 0 saturated carbocycles. The van der Waals surface area contributed by atoms with Crippen LogP contribution >= 0.6 is 0 Å². The van der Waals surface area contributed by atoms with Crippen molar-refractivity contribution < 1.29 is 31.7 Å². The van der Waals surface area contributed by atoms with Crippen LogP contribution in [0.4, 0.5) is 0 Å². The molecule has 0 radical (unpaired) electrons. The molecule has 0 aromatic rings. The predicted molar refractivity (Wildman–Crippen MR) is 41.4 cm³/mol. The second-order valence-corrected chi connectivity index (χ2v) is 2.18. The number of hydrogen-bond donors (Lipinski definition) is 0. The van der Waals surface area contributed by atoms with Crippen molar-refractivity contribution in [2.45, 2.75) is 6.42 Å². The van der Waals surface area contributed by atoms with Gasteiger partial charge in [-0.15, -0.1) is 0 Å². The summed E-state index contributed by atoms with van der Waals surface area (Å²) in [6.45, 7) is 0. The summed E-state index contributed by atoms with van der Waals surface area (Å²) in [7, 11) is 0. The van der Waals surface area contributed by atoms with Gasteiger partial charge in [0.25, 0.3) is 0 Å². The number of carbonyl (C=O) groups excluding carboxylic acids is 3. The molecule has 0 heterocycles. The molecule has 0 unspecified atom stereocenters. The summed E-state index contributed by atoms with van der Waals surface area (Å²) in [6, 6.07) is 0. The van der Waals surface area contributed by atoms with Crippen LogP contribution in [0.3, 0.4) is 0 Å². The molecule has 0 bridgehead atoms. The average molecular weight is 212 g/mol. The van der Waals surface area contributed by atoms with Gasteiger partial charge in [0.2, 0.25) is 0 Å². The average Bonchev–Trinajstić information content (AvgIpc) is 2.16. The standard InChI is InChI=1S/C9H4O3.Cr/c10-4-7-2-1-3-8(5-11)9(7)6-12;/h1-2H,3H2;. The van der Waals surface area contributed by atoms with Gasteiger partial charge in [-0.1, -0.05) is 6.08 Å². The Morgan fingerprint density at radius 1 is 1.08 bits per heavy atom. The van der Waals surface area contributed by atoms with E-state index in [1.54, 1.807) is 18.0 Å². The van der Waals surface area contributed by atoms with Crippen molar-refractivity contribution in [2.24, 2.45) is 0 Å². The minimum atomic E-state index is -0.0255. The van der Waals surface area contributed by atoms with Gasteiger partial charge in [0.15, 0.2) is 0 Å². The van der Waals surface area contributed by atoms with Gasteiger partial charge >= 0.3 is 0 Å². The molecule has 1 rings (SSSR count). The molecule has 0 aromatic carbocycles. The van der Waals surface area contributed by atoms with Gasteiger partial charge < -0.3 is 0 Å². The van der Waals surface area contributed by atoms with Gasteiger partial charge in [0.1, 0.15) is 17.8 Å². The van der Waals surface area contributed by atoms with E-state index in [0.29, 0.717) is 6.42 Å². The van der Waals surface area contributed by atoms with Gasteiger partial charge in [-0.25, -0.2) is 14.4 Å². The van der Waals surface area contributed by atoms with Crippen molar-refractivity contribution >= 4 is 17.8 Å². The van der Waals surface area contributed by atoms with Crippen LogP contribution in [0.1, 0.15) is 6.42 Å². The first kappa shape index (κ1) is 11.6. The van der Waals surface area contributed by atoms with Crippen LogP contribution in [-0.2, 0) is 31.7 Å². The Labute approximate surface area is 85.3 Å². The maximum Gasteiger partial charge on any atom is 0.134 e. The predicted octanol–water partition coefficient (Wildman–Crippen LogP) is 0.218. The smallest absolute Gasteiger partial charge is 0.134 e. The van der Waals surface area contributed by atoms with Crippen LogP contribution in [0, 0.1) is 0 Å². The van der Waals surface area contributed by atoms with E-state index in [4.69, 9.17) is 0 Å². The van der Waals surface area contributed by atoms with Crippen LogP contribution < -0.4 is 0 Å². The zero-order chi connectivity index (χ0) is 8.97. The molecule has 0 aromatic heterocycles. The summed E-state index contributed by atoms with van der Waals surface area (Å²) in [5.41, 5.74) is 0.197. The van der Waals surface area contributed by atoms with E-state index < -0.39 is 0 Å². The molecule has 0 amide bonds. The van der Waals surface area contributed by atoms with E-state index in [0.717, 1.165) is 0 Å². The summed E-state index contributed by atoms with van der Waals surface area (Å²) in [5, 5.41) is 0. The number of rotatable bonds is 0. The van der Waals surface area contributed by atoms with Crippen LogP contribution in [0.15, 0.2) is 28.9 Å². The largest absolute Gasteiger partial charge is 0.233 e. The van der Waals surface area contributed by atoms with Gasteiger partial charge in [-0.05, 0) is 6.08 Å². The molecule has 0 spiro atoms. The maximum atomic E-state index is 10.3. The van der Waals surface area contributed by atoms with Crippen molar-refractivity contribution in [3.05, 3.63) is 28.9 Å². The van der Waals surface area contributed by atoms with Gasteiger partial charge in [0, 0.05) is 23.8 Å². The van der Waals surface area contributed by atoms with E-state index in [-0.39, 0.29) is 34.1 Å². The second kappa shape index (κ2) is 5.30.